The number of aromatic amines is 1. The number of hydrogen-bond acceptors (Lipinski definition) is 3. The summed E-state index contributed by atoms with van der Waals surface area (Å²) in [6, 6.07) is 1.95. The molecule has 0 radical (unpaired) electrons. The van der Waals surface area contributed by atoms with Gasteiger partial charge in [0.2, 0.25) is 0 Å². The summed E-state index contributed by atoms with van der Waals surface area (Å²) in [7, 11) is 0. The van der Waals surface area contributed by atoms with Crippen molar-refractivity contribution < 1.29 is 9.47 Å². The Morgan fingerprint density at radius 3 is 2.75 bits per heavy atom. The molecule has 0 spiro atoms. The number of rotatable bonds is 2. The Morgan fingerprint density at radius 1 is 1.56 bits per heavy atom. The van der Waals surface area contributed by atoms with Crippen LogP contribution in [0, 0.1) is 0 Å². The molecule has 0 unspecified atom stereocenters. The van der Waals surface area contributed by atoms with Crippen molar-refractivity contribution in [3.8, 4) is 0 Å². The fourth-order valence-electron chi connectivity index (χ4n) is 1.80. The molecule has 0 saturated carbocycles. The summed E-state index contributed by atoms with van der Waals surface area (Å²) in [5.41, 5.74) is 7.46. The van der Waals surface area contributed by atoms with Gasteiger partial charge in [-0.1, -0.05) is 6.58 Å². The Morgan fingerprint density at radius 2 is 2.25 bits per heavy atom. The Bertz CT molecular complexity index is 495. The predicted octanol–water partition coefficient (Wildman–Crippen LogP) is -0.189. The molecule has 1 fully saturated rings. The van der Waals surface area contributed by atoms with Gasteiger partial charge in [0.05, 0.1) is 13.2 Å². The summed E-state index contributed by atoms with van der Waals surface area (Å²) in [4.78, 5) is 3.04. The van der Waals surface area contributed by atoms with Crippen molar-refractivity contribution in [1.82, 2.24) is 4.98 Å². The van der Waals surface area contributed by atoms with Crippen LogP contribution in [0.15, 0.2) is 24.0 Å². The normalized spacial score (nSPS) is 20.2. The molecule has 16 heavy (non-hydrogen) atoms. The minimum absolute atomic E-state index is 0.337. The van der Waals surface area contributed by atoms with E-state index in [9.17, 15) is 0 Å². The summed E-state index contributed by atoms with van der Waals surface area (Å²) in [5, 5.41) is 1.83. The minimum atomic E-state index is -0.337. The minimum Gasteiger partial charge on any atom is -0.404 e. The summed E-state index contributed by atoms with van der Waals surface area (Å²) < 4.78 is 11.0. The first-order chi connectivity index (χ1) is 7.74. The van der Waals surface area contributed by atoms with E-state index < -0.39 is 0 Å². The van der Waals surface area contributed by atoms with E-state index in [4.69, 9.17) is 15.2 Å². The molecule has 1 saturated heterocycles. The SMILES string of the molecule is C=c1[nH]cc/c1=C(/C(C)=C\N)C1OCCO1. The molecule has 4 nitrogen and oxygen atoms in total. The molecule has 0 bridgehead atoms. The second-order valence-corrected chi connectivity index (χ2v) is 3.71. The van der Waals surface area contributed by atoms with Crippen LogP contribution in [0.5, 0.6) is 0 Å². The van der Waals surface area contributed by atoms with Gasteiger partial charge in [-0.05, 0) is 24.8 Å². The molecule has 0 amide bonds. The number of hydrogen-bond donors (Lipinski definition) is 2. The molecule has 0 atom stereocenters. The van der Waals surface area contributed by atoms with Crippen molar-refractivity contribution in [3.63, 3.8) is 0 Å². The zero-order valence-corrected chi connectivity index (χ0v) is 9.32. The van der Waals surface area contributed by atoms with Gasteiger partial charge in [-0.3, -0.25) is 0 Å². The van der Waals surface area contributed by atoms with Crippen molar-refractivity contribution in [2.75, 3.05) is 13.2 Å². The topological polar surface area (TPSA) is 60.3 Å². The van der Waals surface area contributed by atoms with Crippen molar-refractivity contribution in [2.24, 2.45) is 5.73 Å². The Labute approximate surface area is 94.1 Å². The average molecular weight is 220 g/mol. The maximum atomic E-state index is 5.57. The van der Waals surface area contributed by atoms with Crippen LogP contribution < -0.4 is 16.3 Å². The van der Waals surface area contributed by atoms with Crippen LogP contribution in [0.4, 0.5) is 0 Å². The van der Waals surface area contributed by atoms with Crippen molar-refractivity contribution in [2.45, 2.75) is 13.2 Å². The fourth-order valence-corrected chi connectivity index (χ4v) is 1.80. The third-order valence-electron chi connectivity index (χ3n) is 2.66. The molecule has 1 aliphatic heterocycles. The number of H-pyrrole nitrogens is 1. The molecular formula is C12H16N2O2. The third kappa shape index (κ3) is 1.89. The molecule has 2 rings (SSSR count). The smallest absolute Gasteiger partial charge is 0.184 e. The molecule has 4 heteroatoms. The lowest BCUT2D eigenvalue weighted by atomic mass is 10.1. The van der Waals surface area contributed by atoms with E-state index in [1.54, 1.807) is 6.20 Å². The van der Waals surface area contributed by atoms with Gasteiger partial charge >= 0.3 is 0 Å². The number of nitrogens with two attached hydrogens (primary N) is 1. The average Bonchev–Trinajstić information content (AvgIpc) is 2.92. The van der Waals surface area contributed by atoms with Crippen molar-refractivity contribution in [3.05, 3.63) is 34.6 Å². The van der Waals surface area contributed by atoms with Crippen LogP contribution in [0.25, 0.3) is 12.2 Å². The van der Waals surface area contributed by atoms with Crippen LogP contribution in [0.3, 0.4) is 0 Å². The highest BCUT2D eigenvalue weighted by atomic mass is 16.7. The first-order valence-corrected chi connectivity index (χ1v) is 5.22. The molecule has 1 aliphatic rings. The summed E-state index contributed by atoms with van der Waals surface area (Å²) in [6.07, 6.45) is 3.07. The highest BCUT2D eigenvalue weighted by Gasteiger charge is 2.22. The van der Waals surface area contributed by atoms with E-state index in [0.717, 1.165) is 21.7 Å². The van der Waals surface area contributed by atoms with E-state index in [0.29, 0.717) is 13.2 Å². The highest BCUT2D eigenvalue weighted by Crippen LogP contribution is 2.20. The molecule has 3 N–H and O–H groups in total. The standard InChI is InChI=1S/C12H16N2O2/c1-8(7-13)11(12-15-5-6-16-12)10-3-4-14-9(10)2/h3-4,7,12,14H,2,5-6,13H2,1H3/b8-7-,11-10+. The van der Waals surface area contributed by atoms with E-state index in [2.05, 4.69) is 11.6 Å². The van der Waals surface area contributed by atoms with Gasteiger partial charge < -0.3 is 20.2 Å². The Hall–Kier alpha value is -1.52. The zero-order valence-electron chi connectivity index (χ0n) is 9.32. The van der Waals surface area contributed by atoms with Gasteiger partial charge in [-0.15, -0.1) is 0 Å². The largest absolute Gasteiger partial charge is 0.404 e. The van der Waals surface area contributed by atoms with Crippen molar-refractivity contribution >= 4 is 12.2 Å². The summed E-state index contributed by atoms with van der Waals surface area (Å²) in [6.45, 7) is 7.10. The van der Waals surface area contributed by atoms with Gasteiger partial charge in [0, 0.05) is 22.3 Å². The summed E-state index contributed by atoms with van der Waals surface area (Å²) >= 11 is 0. The Balaban J connectivity index is 2.60. The van der Waals surface area contributed by atoms with Gasteiger partial charge in [-0.25, -0.2) is 0 Å². The highest BCUT2D eigenvalue weighted by molar-refractivity contribution is 5.65. The lowest BCUT2D eigenvalue weighted by molar-refractivity contribution is 0.00619. The van der Waals surface area contributed by atoms with E-state index in [-0.39, 0.29) is 6.29 Å². The number of aromatic nitrogens is 1. The van der Waals surface area contributed by atoms with Crippen LogP contribution >= 0.6 is 0 Å². The zero-order chi connectivity index (χ0) is 11.5. The Kier molecular flexibility index (Phi) is 3.12. The summed E-state index contributed by atoms with van der Waals surface area (Å²) in [5.74, 6) is 0. The first-order valence-electron chi connectivity index (χ1n) is 5.22. The van der Waals surface area contributed by atoms with Crippen LogP contribution in [0.1, 0.15) is 6.92 Å². The molecule has 0 aliphatic carbocycles. The van der Waals surface area contributed by atoms with Gasteiger partial charge in [0.15, 0.2) is 6.29 Å². The number of nitrogens with one attached hydrogen (secondary N) is 1. The number of ether oxygens (including phenoxy) is 2. The molecular weight excluding hydrogens is 204 g/mol. The lowest BCUT2D eigenvalue weighted by Gasteiger charge is -2.13. The first kappa shape index (κ1) is 11.0. The van der Waals surface area contributed by atoms with Crippen LogP contribution in [-0.4, -0.2) is 24.5 Å². The second kappa shape index (κ2) is 4.55. The monoisotopic (exact) mass is 220 g/mol. The maximum Gasteiger partial charge on any atom is 0.184 e. The van der Waals surface area contributed by atoms with E-state index in [1.165, 1.54) is 0 Å². The van der Waals surface area contributed by atoms with Gasteiger partial charge in [0.25, 0.3) is 0 Å². The van der Waals surface area contributed by atoms with Gasteiger partial charge in [-0.2, -0.15) is 0 Å². The third-order valence-corrected chi connectivity index (χ3v) is 2.66. The molecule has 1 aromatic heterocycles. The predicted molar refractivity (Wildman–Crippen MR) is 62.6 cm³/mol. The van der Waals surface area contributed by atoms with Crippen molar-refractivity contribution in [1.29, 1.82) is 0 Å². The molecule has 2 heterocycles. The molecule has 0 aromatic carbocycles. The fraction of sp³-hybridized carbons (Fsp3) is 0.333. The molecule has 1 aromatic rings. The molecule has 86 valence electrons. The van der Waals surface area contributed by atoms with Crippen LogP contribution in [0.2, 0.25) is 0 Å². The second-order valence-electron chi connectivity index (χ2n) is 3.71. The lowest BCUT2D eigenvalue weighted by Crippen LogP contribution is -2.29. The van der Waals surface area contributed by atoms with E-state index in [1.807, 2.05) is 19.2 Å². The van der Waals surface area contributed by atoms with E-state index >= 15 is 0 Å². The van der Waals surface area contributed by atoms with Gasteiger partial charge in [0.1, 0.15) is 0 Å². The quantitative estimate of drug-likeness (QED) is 0.726. The van der Waals surface area contributed by atoms with Crippen LogP contribution in [-0.2, 0) is 9.47 Å². The maximum absolute atomic E-state index is 5.57.